The molecular formula is C56H108O6. The van der Waals surface area contributed by atoms with Crippen LogP contribution < -0.4 is 0 Å². The molecule has 6 heteroatoms. The summed E-state index contributed by atoms with van der Waals surface area (Å²) in [6, 6.07) is 0. The van der Waals surface area contributed by atoms with E-state index in [1.807, 2.05) is 0 Å². The molecular weight excluding hydrogens is 769 g/mol. The smallest absolute Gasteiger partial charge is 0.306 e. The fourth-order valence-electron chi connectivity index (χ4n) is 8.54. The van der Waals surface area contributed by atoms with E-state index in [0.717, 1.165) is 63.7 Å². The molecule has 0 radical (unpaired) electrons. The number of esters is 3. The Kier molecular flexibility index (Phi) is 49.1. The minimum absolute atomic E-state index is 0.0627. The standard InChI is InChI=1S/C56H108O6/c1-5-8-10-12-14-16-18-20-21-22-23-24-25-27-29-31-37-41-45-49-56(59)62-53(51-61-55(58)48-44-40-36-33-32-34-38-42-46-52(4)7-3)50-60-54(57)47-43-39-35-30-28-26-19-17-15-13-11-9-6-2/h52-53H,5-51H2,1-4H3/t52?,53-/m0/s1. The third-order valence-corrected chi connectivity index (χ3v) is 13.2. The Morgan fingerprint density at radius 1 is 0.323 bits per heavy atom. The molecule has 0 aromatic rings. The average Bonchev–Trinajstić information content (AvgIpc) is 3.27. The third kappa shape index (κ3) is 47.9. The number of unbranched alkanes of at least 4 members (excludes halogenated alkanes) is 37. The summed E-state index contributed by atoms with van der Waals surface area (Å²) in [5.41, 5.74) is 0. The first-order valence-electron chi connectivity index (χ1n) is 27.9. The Bertz CT molecular complexity index is 935. The van der Waals surface area contributed by atoms with Crippen LogP contribution in [-0.2, 0) is 28.6 Å². The number of ether oxygens (including phenoxy) is 3. The van der Waals surface area contributed by atoms with E-state index in [1.54, 1.807) is 0 Å². The molecule has 6 nitrogen and oxygen atoms in total. The van der Waals surface area contributed by atoms with Crippen LogP contribution in [0, 0.1) is 5.92 Å². The van der Waals surface area contributed by atoms with Gasteiger partial charge in [-0.3, -0.25) is 14.4 Å². The Balaban J connectivity index is 4.28. The topological polar surface area (TPSA) is 78.9 Å². The Morgan fingerprint density at radius 2 is 0.565 bits per heavy atom. The van der Waals surface area contributed by atoms with Gasteiger partial charge in [-0.2, -0.15) is 0 Å². The summed E-state index contributed by atoms with van der Waals surface area (Å²) in [4.78, 5) is 38.0. The van der Waals surface area contributed by atoms with Gasteiger partial charge in [-0.15, -0.1) is 0 Å². The normalized spacial score (nSPS) is 12.4. The molecule has 62 heavy (non-hydrogen) atoms. The third-order valence-electron chi connectivity index (χ3n) is 13.2. The van der Waals surface area contributed by atoms with Crippen molar-refractivity contribution in [3.63, 3.8) is 0 Å². The summed E-state index contributed by atoms with van der Waals surface area (Å²) in [6.07, 6.45) is 53.7. The average molecular weight is 877 g/mol. The van der Waals surface area contributed by atoms with Gasteiger partial charge in [-0.05, 0) is 25.2 Å². The summed E-state index contributed by atoms with van der Waals surface area (Å²) >= 11 is 0. The number of hydrogen-bond donors (Lipinski definition) is 0. The Labute approximate surface area is 387 Å². The lowest BCUT2D eigenvalue weighted by Crippen LogP contribution is -2.30. The van der Waals surface area contributed by atoms with E-state index in [2.05, 4.69) is 27.7 Å². The van der Waals surface area contributed by atoms with Crippen LogP contribution in [0.25, 0.3) is 0 Å². The molecule has 0 amide bonds. The van der Waals surface area contributed by atoms with Crippen LogP contribution in [-0.4, -0.2) is 37.2 Å². The zero-order valence-electron chi connectivity index (χ0n) is 42.3. The number of rotatable bonds is 51. The van der Waals surface area contributed by atoms with E-state index >= 15 is 0 Å². The van der Waals surface area contributed by atoms with Crippen LogP contribution in [0.5, 0.6) is 0 Å². The van der Waals surface area contributed by atoms with Gasteiger partial charge in [0.15, 0.2) is 6.10 Å². The lowest BCUT2D eigenvalue weighted by atomic mass is 9.99. The number of carbonyl (C=O) groups excluding carboxylic acids is 3. The van der Waals surface area contributed by atoms with Gasteiger partial charge in [0.05, 0.1) is 0 Å². The van der Waals surface area contributed by atoms with Crippen LogP contribution in [0.2, 0.25) is 0 Å². The van der Waals surface area contributed by atoms with E-state index in [-0.39, 0.29) is 31.1 Å². The van der Waals surface area contributed by atoms with Crippen molar-refractivity contribution in [1.29, 1.82) is 0 Å². The molecule has 0 aliphatic heterocycles. The maximum Gasteiger partial charge on any atom is 0.306 e. The summed E-state index contributed by atoms with van der Waals surface area (Å²) in [5.74, 6) is 0.00695. The molecule has 0 fully saturated rings. The van der Waals surface area contributed by atoms with Crippen molar-refractivity contribution in [3.05, 3.63) is 0 Å². The van der Waals surface area contributed by atoms with Crippen molar-refractivity contribution in [1.82, 2.24) is 0 Å². The number of hydrogen-bond acceptors (Lipinski definition) is 6. The van der Waals surface area contributed by atoms with Crippen molar-refractivity contribution >= 4 is 17.9 Å². The molecule has 0 aliphatic carbocycles. The Hall–Kier alpha value is -1.59. The molecule has 0 aromatic carbocycles. The molecule has 368 valence electrons. The molecule has 0 N–H and O–H groups in total. The van der Waals surface area contributed by atoms with Crippen molar-refractivity contribution < 1.29 is 28.6 Å². The zero-order valence-corrected chi connectivity index (χ0v) is 42.3. The molecule has 0 bridgehead atoms. The predicted molar refractivity (Wildman–Crippen MR) is 266 cm³/mol. The van der Waals surface area contributed by atoms with Gasteiger partial charge in [0, 0.05) is 19.3 Å². The first-order valence-corrected chi connectivity index (χ1v) is 27.9. The fourth-order valence-corrected chi connectivity index (χ4v) is 8.54. The highest BCUT2D eigenvalue weighted by Gasteiger charge is 2.19. The van der Waals surface area contributed by atoms with Crippen molar-refractivity contribution in [3.8, 4) is 0 Å². The molecule has 0 saturated heterocycles. The van der Waals surface area contributed by atoms with Crippen molar-refractivity contribution in [2.24, 2.45) is 5.92 Å². The molecule has 1 unspecified atom stereocenters. The van der Waals surface area contributed by atoms with Gasteiger partial charge < -0.3 is 14.2 Å². The first-order chi connectivity index (χ1) is 30.4. The maximum absolute atomic E-state index is 12.8. The highest BCUT2D eigenvalue weighted by atomic mass is 16.6. The van der Waals surface area contributed by atoms with Crippen LogP contribution in [0.1, 0.15) is 317 Å². The minimum atomic E-state index is -0.761. The second-order valence-corrected chi connectivity index (χ2v) is 19.5. The SMILES string of the molecule is CCCCCCCCCCCCCCCCCCCCCC(=O)O[C@@H](COC(=O)CCCCCCCCCCCCCCC)COC(=O)CCCCCCCCCCC(C)CC. The van der Waals surface area contributed by atoms with E-state index in [0.29, 0.717) is 19.3 Å². The quantitative estimate of drug-likeness (QED) is 0.0344. The largest absolute Gasteiger partial charge is 0.462 e. The van der Waals surface area contributed by atoms with Crippen LogP contribution in [0.4, 0.5) is 0 Å². The zero-order chi connectivity index (χ0) is 45.2. The van der Waals surface area contributed by atoms with Gasteiger partial charge >= 0.3 is 17.9 Å². The van der Waals surface area contributed by atoms with Gasteiger partial charge in [0.25, 0.3) is 0 Å². The monoisotopic (exact) mass is 877 g/mol. The predicted octanol–water partition coefficient (Wildman–Crippen LogP) is 18.2. The summed E-state index contributed by atoms with van der Waals surface area (Å²) in [5, 5.41) is 0. The van der Waals surface area contributed by atoms with Crippen LogP contribution in [0.15, 0.2) is 0 Å². The van der Waals surface area contributed by atoms with E-state index in [4.69, 9.17) is 14.2 Å². The lowest BCUT2D eigenvalue weighted by Gasteiger charge is -2.18. The van der Waals surface area contributed by atoms with E-state index in [1.165, 1.54) is 212 Å². The second kappa shape index (κ2) is 50.4. The molecule has 0 aromatic heterocycles. The summed E-state index contributed by atoms with van der Waals surface area (Å²) in [6.45, 7) is 9.05. The molecule has 0 saturated carbocycles. The highest BCUT2D eigenvalue weighted by molar-refractivity contribution is 5.71. The maximum atomic E-state index is 12.8. The van der Waals surface area contributed by atoms with Gasteiger partial charge in [-0.1, -0.05) is 278 Å². The molecule has 0 rings (SSSR count). The fraction of sp³-hybridized carbons (Fsp3) is 0.946. The van der Waals surface area contributed by atoms with E-state index in [9.17, 15) is 14.4 Å². The summed E-state index contributed by atoms with van der Waals surface area (Å²) in [7, 11) is 0. The number of carbonyl (C=O) groups is 3. The minimum Gasteiger partial charge on any atom is -0.462 e. The summed E-state index contributed by atoms with van der Waals surface area (Å²) < 4.78 is 16.9. The van der Waals surface area contributed by atoms with Crippen molar-refractivity contribution in [2.75, 3.05) is 13.2 Å². The molecule has 0 heterocycles. The van der Waals surface area contributed by atoms with Gasteiger partial charge in [0.1, 0.15) is 13.2 Å². The van der Waals surface area contributed by atoms with Crippen LogP contribution in [0.3, 0.4) is 0 Å². The highest BCUT2D eigenvalue weighted by Crippen LogP contribution is 2.18. The van der Waals surface area contributed by atoms with Crippen LogP contribution >= 0.6 is 0 Å². The van der Waals surface area contributed by atoms with Gasteiger partial charge in [-0.25, -0.2) is 0 Å². The Morgan fingerprint density at radius 3 is 0.839 bits per heavy atom. The molecule has 0 spiro atoms. The second-order valence-electron chi connectivity index (χ2n) is 19.5. The first kappa shape index (κ1) is 60.4. The van der Waals surface area contributed by atoms with Crippen molar-refractivity contribution in [2.45, 2.75) is 323 Å². The molecule has 0 aliphatic rings. The van der Waals surface area contributed by atoms with Gasteiger partial charge in [0.2, 0.25) is 0 Å². The van der Waals surface area contributed by atoms with E-state index < -0.39 is 6.10 Å². The lowest BCUT2D eigenvalue weighted by molar-refractivity contribution is -0.167. The molecule has 2 atom stereocenters.